The molecule has 2 unspecified atom stereocenters. The molecule has 7 nitrogen and oxygen atoms in total. The van der Waals surface area contributed by atoms with Crippen molar-refractivity contribution in [2.75, 3.05) is 0 Å². The summed E-state index contributed by atoms with van der Waals surface area (Å²) in [6, 6.07) is 14.1. The zero-order chi connectivity index (χ0) is 19.2. The monoisotopic (exact) mass is 419 g/mol. The number of halogens is 1. The van der Waals surface area contributed by atoms with Gasteiger partial charge in [-0.15, -0.1) is 4.89 Å². The molecule has 2 N–H and O–H groups in total. The van der Waals surface area contributed by atoms with Crippen LogP contribution in [0.5, 0.6) is 11.5 Å². The first kappa shape index (κ1) is 20.8. The molecule has 0 aromatic heterocycles. The second-order valence-corrected chi connectivity index (χ2v) is 8.06. The van der Waals surface area contributed by atoms with Gasteiger partial charge in [0.25, 0.3) is 10.1 Å². The summed E-state index contributed by atoms with van der Waals surface area (Å²) in [5, 5.41) is 0.603. The average Bonchev–Trinajstić information content (AvgIpc) is 2.55. The zero-order valence-electron chi connectivity index (χ0n) is 13.5. The van der Waals surface area contributed by atoms with Gasteiger partial charge in [0.1, 0.15) is 11.5 Å². The molecule has 0 heterocycles. The minimum Gasteiger partial charge on any atom is -0.457 e. The van der Waals surface area contributed by atoms with Crippen molar-refractivity contribution in [2.45, 2.75) is 24.7 Å². The third-order valence-corrected chi connectivity index (χ3v) is 5.22. The topological polar surface area (TPSA) is 110 Å². The normalized spacial score (nSPS) is 13.3. The third-order valence-electron chi connectivity index (χ3n) is 3.39. The maximum Gasteiger partial charge on any atom is 0.696 e. The highest BCUT2D eigenvalue weighted by Gasteiger charge is 2.33. The molecule has 0 saturated carbocycles. The lowest BCUT2D eigenvalue weighted by atomic mass is 10.1. The highest BCUT2D eigenvalue weighted by molar-refractivity contribution is 7.86. The predicted molar refractivity (Wildman–Crippen MR) is 97.2 cm³/mol. The Morgan fingerprint density at radius 2 is 1.81 bits per heavy atom. The predicted octanol–water partition coefficient (Wildman–Crippen LogP) is 4.34. The molecule has 140 valence electrons. The van der Waals surface area contributed by atoms with E-state index in [9.17, 15) is 13.0 Å². The van der Waals surface area contributed by atoms with E-state index in [0.29, 0.717) is 29.4 Å². The molecule has 0 aliphatic rings. The van der Waals surface area contributed by atoms with E-state index in [0.717, 1.165) is 5.56 Å². The van der Waals surface area contributed by atoms with E-state index in [4.69, 9.17) is 25.8 Å². The van der Waals surface area contributed by atoms with E-state index in [2.05, 4.69) is 4.52 Å². The summed E-state index contributed by atoms with van der Waals surface area (Å²) in [7, 11) is -7.70. The van der Waals surface area contributed by atoms with Crippen LogP contribution in [0.3, 0.4) is 0 Å². The fourth-order valence-corrected chi connectivity index (χ4v) is 3.79. The molecule has 10 heteroatoms. The standard InChI is InChI=1S/C16H16ClO7PS/c17-13-7-9-14(10-8-13)23-15-5-1-3-12(11-15)4-2-6-16(24-25(18)19)26(20,21)22/h1,3,5,7-11,16H,2,4,6H2,(H-,18,19,20,21,22)/p+1. The fraction of sp³-hybridized carbons (Fsp3) is 0.250. The van der Waals surface area contributed by atoms with Crippen molar-refractivity contribution < 1.29 is 31.7 Å². The molecular formula is C16H17ClO7PS+. The van der Waals surface area contributed by atoms with Gasteiger partial charge < -0.3 is 4.74 Å². The van der Waals surface area contributed by atoms with Gasteiger partial charge in [0.05, 0.1) is 0 Å². The number of hydrogen-bond acceptors (Lipinski definition) is 5. The van der Waals surface area contributed by atoms with Gasteiger partial charge >= 0.3 is 8.25 Å². The smallest absolute Gasteiger partial charge is 0.457 e. The number of ether oxygens (including phenoxy) is 1. The molecular weight excluding hydrogens is 403 g/mol. The van der Waals surface area contributed by atoms with Crippen LogP contribution in [0.25, 0.3) is 0 Å². The van der Waals surface area contributed by atoms with E-state index in [1.54, 1.807) is 42.5 Å². The Morgan fingerprint density at radius 3 is 2.42 bits per heavy atom. The van der Waals surface area contributed by atoms with Gasteiger partial charge in [-0.2, -0.15) is 8.42 Å². The Bertz CT molecular complexity index is 855. The first-order chi connectivity index (χ1) is 12.2. The summed E-state index contributed by atoms with van der Waals surface area (Å²) in [5.74, 6) is 1.23. The van der Waals surface area contributed by atoms with Gasteiger partial charge in [-0.25, -0.2) is 0 Å². The molecule has 0 spiro atoms. The Kier molecular flexibility index (Phi) is 7.52. The van der Waals surface area contributed by atoms with Gasteiger partial charge in [0, 0.05) is 9.59 Å². The second kappa shape index (κ2) is 9.41. The molecule has 2 aromatic rings. The molecule has 0 radical (unpaired) electrons. The van der Waals surface area contributed by atoms with Crippen LogP contribution in [0.4, 0.5) is 0 Å². The molecule has 2 aromatic carbocycles. The molecule has 2 atom stereocenters. The summed E-state index contributed by atoms with van der Waals surface area (Å²) in [6.07, 6.45) is 0.663. The first-order valence-electron chi connectivity index (χ1n) is 7.55. The van der Waals surface area contributed by atoms with Crippen LogP contribution in [0.1, 0.15) is 18.4 Å². The van der Waals surface area contributed by atoms with Crippen molar-refractivity contribution >= 4 is 30.0 Å². The lowest BCUT2D eigenvalue weighted by Crippen LogP contribution is -2.21. The van der Waals surface area contributed by atoms with E-state index >= 15 is 0 Å². The Hall–Kier alpha value is -1.54. The minimum atomic E-state index is -4.57. The first-order valence-corrected chi connectivity index (χ1v) is 10.6. The quantitative estimate of drug-likeness (QED) is 0.459. The molecule has 0 aliphatic carbocycles. The van der Waals surface area contributed by atoms with Crippen LogP contribution in [-0.4, -0.2) is 23.3 Å². The largest absolute Gasteiger partial charge is 0.696 e. The summed E-state index contributed by atoms with van der Waals surface area (Å²) in [4.78, 5) is 8.68. The van der Waals surface area contributed by atoms with Crippen LogP contribution < -0.4 is 4.74 Å². The number of benzene rings is 2. The van der Waals surface area contributed by atoms with Gasteiger partial charge in [0.15, 0.2) is 0 Å². The average molecular weight is 420 g/mol. The highest BCUT2D eigenvalue weighted by Crippen LogP contribution is 2.26. The van der Waals surface area contributed by atoms with Crippen LogP contribution in [0.15, 0.2) is 48.5 Å². The van der Waals surface area contributed by atoms with Crippen molar-refractivity contribution in [3.63, 3.8) is 0 Å². The lowest BCUT2D eigenvalue weighted by Gasteiger charge is -2.09. The van der Waals surface area contributed by atoms with E-state index in [1.165, 1.54) is 0 Å². The van der Waals surface area contributed by atoms with Crippen molar-refractivity contribution in [3.8, 4) is 11.5 Å². The molecule has 0 amide bonds. The highest BCUT2D eigenvalue weighted by atomic mass is 35.5. The Morgan fingerprint density at radius 1 is 1.12 bits per heavy atom. The summed E-state index contributed by atoms with van der Waals surface area (Å²) in [5.41, 5.74) is -0.858. The molecule has 26 heavy (non-hydrogen) atoms. The number of rotatable bonds is 9. The van der Waals surface area contributed by atoms with Gasteiger partial charge in [0.2, 0.25) is 5.44 Å². The number of hydrogen-bond donors (Lipinski definition) is 2. The van der Waals surface area contributed by atoms with Gasteiger partial charge in [-0.05, 0) is 61.2 Å². The van der Waals surface area contributed by atoms with Gasteiger partial charge in [-0.1, -0.05) is 28.3 Å². The molecule has 0 aliphatic heterocycles. The summed E-state index contributed by atoms with van der Waals surface area (Å²) < 4.78 is 52.1. The van der Waals surface area contributed by atoms with E-state index < -0.39 is 23.8 Å². The fourth-order valence-electron chi connectivity index (χ4n) is 2.23. The summed E-state index contributed by atoms with van der Waals surface area (Å²) >= 11 is 5.83. The van der Waals surface area contributed by atoms with Crippen LogP contribution in [0.2, 0.25) is 5.02 Å². The van der Waals surface area contributed by atoms with Crippen molar-refractivity contribution in [3.05, 3.63) is 59.1 Å². The Balaban J connectivity index is 1.95. The molecule has 2 rings (SSSR count). The van der Waals surface area contributed by atoms with Crippen molar-refractivity contribution in [1.82, 2.24) is 0 Å². The zero-order valence-corrected chi connectivity index (χ0v) is 16.0. The van der Waals surface area contributed by atoms with Crippen molar-refractivity contribution in [1.29, 1.82) is 0 Å². The van der Waals surface area contributed by atoms with E-state index in [1.807, 2.05) is 6.07 Å². The third kappa shape index (κ3) is 6.99. The van der Waals surface area contributed by atoms with E-state index in [-0.39, 0.29) is 6.42 Å². The minimum absolute atomic E-state index is 0.122. The lowest BCUT2D eigenvalue weighted by molar-refractivity contribution is 0.225. The molecule has 0 bridgehead atoms. The number of aryl methyl sites for hydroxylation is 1. The Labute approximate surface area is 157 Å². The maximum absolute atomic E-state index is 11.2. The second-order valence-electron chi connectivity index (χ2n) is 5.38. The van der Waals surface area contributed by atoms with Crippen LogP contribution >= 0.6 is 19.9 Å². The van der Waals surface area contributed by atoms with Gasteiger partial charge in [-0.3, -0.25) is 4.55 Å². The summed E-state index contributed by atoms with van der Waals surface area (Å²) in [6.45, 7) is 0. The molecule has 0 saturated heterocycles. The van der Waals surface area contributed by atoms with Crippen LogP contribution in [-0.2, 0) is 25.6 Å². The SMILES string of the molecule is O=[P+](O)OC(CCCc1cccc(Oc2ccc(Cl)cc2)c1)S(=O)(=O)O. The van der Waals surface area contributed by atoms with Crippen LogP contribution in [0, 0.1) is 0 Å². The maximum atomic E-state index is 11.2. The molecule has 0 fully saturated rings. The van der Waals surface area contributed by atoms with Crippen molar-refractivity contribution in [2.24, 2.45) is 0 Å².